The van der Waals surface area contributed by atoms with Gasteiger partial charge in [0.05, 0.1) is 19.6 Å². The molecule has 7 heteroatoms. The van der Waals surface area contributed by atoms with Crippen molar-refractivity contribution in [1.29, 1.82) is 0 Å². The van der Waals surface area contributed by atoms with Crippen LogP contribution in [0.1, 0.15) is 12.0 Å². The Morgan fingerprint density at radius 2 is 2.04 bits per heavy atom. The summed E-state index contributed by atoms with van der Waals surface area (Å²) >= 11 is 0. The molecule has 1 atom stereocenters. The monoisotopic (exact) mass is 318 g/mol. The molecular formula is C16H18N2O5. The Morgan fingerprint density at radius 3 is 2.74 bits per heavy atom. The number of H-pyrrole nitrogens is 1. The van der Waals surface area contributed by atoms with Gasteiger partial charge in [-0.25, -0.2) is 4.79 Å². The van der Waals surface area contributed by atoms with E-state index in [1.165, 1.54) is 7.11 Å². The number of ether oxygens (including phenoxy) is 1. The molecule has 1 amide bonds. The van der Waals surface area contributed by atoms with E-state index < -0.39 is 18.0 Å². The van der Waals surface area contributed by atoms with Gasteiger partial charge >= 0.3 is 12.1 Å². The van der Waals surface area contributed by atoms with Gasteiger partial charge in [-0.3, -0.25) is 9.59 Å². The summed E-state index contributed by atoms with van der Waals surface area (Å²) in [5.74, 6) is -2.24. The average Bonchev–Trinajstić information content (AvgIpc) is 2.95. The Balaban J connectivity index is 2.03. The summed E-state index contributed by atoms with van der Waals surface area (Å²) < 4.78 is 4.36. The number of alkyl carbamates (subject to hydrolysis) is 1. The second kappa shape index (κ2) is 7.44. The number of ketones is 1. The molecule has 1 heterocycles. The quantitative estimate of drug-likeness (QED) is 0.720. The number of aliphatic carboxylic acids is 1. The molecule has 2 aromatic rings. The number of para-hydroxylation sites is 1. The van der Waals surface area contributed by atoms with Crippen LogP contribution in [0, 0.1) is 5.92 Å². The first-order chi connectivity index (χ1) is 11.0. The topological polar surface area (TPSA) is 108 Å². The van der Waals surface area contributed by atoms with Crippen molar-refractivity contribution in [2.45, 2.75) is 12.8 Å². The van der Waals surface area contributed by atoms with Crippen LogP contribution in [0.3, 0.4) is 0 Å². The van der Waals surface area contributed by atoms with Gasteiger partial charge in [0.1, 0.15) is 0 Å². The predicted molar refractivity (Wildman–Crippen MR) is 83.2 cm³/mol. The third-order valence-corrected chi connectivity index (χ3v) is 3.58. The third kappa shape index (κ3) is 4.32. The molecule has 0 saturated heterocycles. The summed E-state index contributed by atoms with van der Waals surface area (Å²) in [5, 5.41) is 12.5. The number of carbonyl (C=O) groups excluding carboxylic acids is 2. The van der Waals surface area contributed by atoms with Crippen molar-refractivity contribution < 1.29 is 24.2 Å². The highest BCUT2D eigenvalue weighted by molar-refractivity contribution is 5.88. The van der Waals surface area contributed by atoms with Crippen LogP contribution >= 0.6 is 0 Å². The van der Waals surface area contributed by atoms with Crippen molar-refractivity contribution >= 4 is 28.7 Å². The lowest BCUT2D eigenvalue weighted by atomic mass is 9.94. The van der Waals surface area contributed by atoms with Gasteiger partial charge in [0.2, 0.25) is 0 Å². The second-order valence-electron chi connectivity index (χ2n) is 5.19. The van der Waals surface area contributed by atoms with Crippen molar-refractivity contribution in [3.05, 3.63) is 36.0 Å². The molecule has 0 aliphatic carbocycles. The number of carboxylic acid groups (broad SMARTS) is 1. The standard InChI is InChI=1S/C16H18N2O5/c1-23-16(22)18-9-12(19)7-10(15(20)21)6-11-8-17-14-5-3-2-4-13(11)14/h2-5,8,10,17H,6-7,9H2,1H3,(H,18,22)(H,20,21). The normalized spacial score (nSPS) is 11.9. The summed E-state index contributed by atoms with van der Waals surface area (Å²) in [6, 6.07) is 7.57. The average molecular weight is 318 g/mol. The van der Waals surface area contributed by atoms with E-state index in [2.05, 4.69) is 15.0 Å². The molecule has 7 nitrogen and oxygen atoms in total. The van der Waals surface area contributed by atoms with Crippen molar-refractivity contribution in [3.63, 3.8) is 0 Å². The van der Waals surface area contributed by atoms with Crippen molar-refractivity contribution in [1.82, 2.24) is 10.3 Å². The maximum Gasteiger partial charge on any atom is 0.407 e. The molecule has 1 aromatic heterocycles. The van der Waals surface area contributed by atoms with Crippen LogP contribution < -0.4 is 5.32 Å². The summed E-state index contributed by atoms with van der Waals surface area (Å²) in [6.45, 7) is -0.246. The van der Waals surface area contributed by atoms with Crippen LogP contribution in [0.25, 0.3) is 10.9 Å². The highest BCUT2D eigenvalue weighted by atomic mass is 16.5. The van der Waals surface area contributed by atoms with E-state index in [-0.39, 0.29) is 25.2 Å². The number of fused-ring (bicyclic) bond motifs is 1. The van der Waals surface area contributed by atoms with Gasteiger partial charge in [-0.15, -0.1) is 0 Å². The predicted octanol–water partition coefficient (Wildman–Crippen LogP) is 1.73. The Bertz CT molecular complexity index is 722. The number of carboxylic acids is 1. The van der Waals surface area contributed by atoms with Gasteiger partial charge in [0, 0.05) is 23.5 Å². The van der Waals surface area contributed by atoms with Crippen molar-refractivity contribution in [3.8, 4) is 0 Å². The number of rotatable bonds is 7. The number of hydrogen-bond donors (Lipinski definition) is 3. The number of Topliss-reactive ketones (excluding diaryl/α,β-unsaturated/α-hetero) is 1. The molecule has 1 unspecified atom stereocenters. The summed E-state index contributed by atoms with van der Waals surface area (Å²) in [6.07, 6.45) is 1.13. The van der Waals surface area contributed by atoms with E-state index in [4.69, 9.17) is 0 Å². The fourth-order valence-electron chi connectivity index (χ4n) is 2.40. The van der Waals surface area contributed by atoms with Crippen LogP contribution in [-0.4, -0.2) is 41.6 Å². The first kappa shape index (κ1) is 16.5. The van der Waals surface area contributed by atoms with Gasteiger partial charge in [-0.1, -0.05) is 18.2 Å². The number of benzene rings is 1. The fourth-order valence-corrected chi connectivity index (χ4v) is 2.40. The second-order valence-corrected chi connectivity index (χ2v) is 5.19. The molecule has 1 aromatic carbocycles. The van der Waals surface area contributed by atoms with E-state index in [0.717, 1.165) is 16.5 Å². The molecule has 0 spiro atoms. The molecule has 122 valence electrons. The summed E-state index contributed by atoms with van der Waals surface area (Å²) in [7, 11) is 1.19. The molecule has 0 radical (unpaired) electrons. The highest BCUT2D eigenvalue weighted by Crippen LogP contribution is 2.22. The van der Waals surface area contributed by atoms with Crippen LogP contribution in [0.15, 0.2) is 30.5 Å². The Morgan fingerprint density at radius 1 is 1.30 bits per heavy atom. The minimum absolute atomic E-state index is 0.154. The van der Waals surface area contributed by atoms with Gasteiger partial charge < -0.3 is 20.1 Å². The number of hydrogen-bond acceptors (Lipinski definition) is 4. The zero-order valence-electron chi connectivity index (χ0n) is 12.7. The number of carbonyl (C=O) groups is 3. The fraction of sp³-hybridized carbons (Fsp3) is 0.312. The number of nitrogens with one attached hydrogen (secondary N) is 2. The van der Waals surface area contributed by atoms with Crippen LogP contribution in [0.5, 0.6) is 0 Å². The molecule has 2 rings (SSSR count). The molecular weight excluding hydrogens is 300 g/mol. The van der Waals surface area contributed by atoms with E-state index in [1.807, 2.05) is 24.3 Å². The highest BCUT2D eigenvalue weighted by Gasteiger charge is 2.23. The minimum atomic E-state index is -1.04. The molecule has 0 aliphatic rings. The smallest absolute Gasteiger partial charge is 0.407 e. The van der Waals surface area contributed by atoms with Crippen molar-refractivity contribution in [2.24, 2.45) is 5.92 Å². The number of amides is 1. The summed E-state index contributed by atoms with van der Waals surface area (Å²) in [5.41, 5.74) is 1.77. The first-order valence-corrected chi connectivity index (χ1v) is 7.12. The summed E-state index contributed by atoms with van der Waals surface area (Å²) in [4.78, 5) is 37.3. The van der Waals surface area contributed by atoms with E-state index >= 15 is 0 Å². The Hall–Kier alpha value is -2.83. The lowest BCUT2D eigenvalue weighted by Gasteiger charge is -2.11. The van der Waals surface area contributed by atoms with Gasteiger partial charge in [-0.2, -0.15) is 0 Å². The Labute approximate surface area is 132 Å². The SMILES string of the molecule is COC(=O)NCC(=O)CC(Cc1c[nH]c2ccccc12)C(=O)O. The Kier molecular flexibility index (Phi) is 5.35. The lowest BCUT2D eigenvalue weighted by Crippen LogP contribution is -2.31. The third-order valence-electron chi connectivity index (χ3n) is 3.58. The van der Waals surface area contributed by atoms with Crippen LogP contribution in [0.4, 0.5) is 4.79 Å². The zero-order valence-corrected chi connectivity index (χ0v) is 12.7. The van der Waals surface area contributed by atoms with Crippen LogP contribution in [-0.2, 0) is 20.7 Å². The molecule has 23 heavy (non-hydrogen) atoms. The maximum atomic E-state index is 11.8. The molecule has 0 aliphatic heterocycles. The molecule has 3 N–H and O–H groups in total. The largest absolute Gasteiger partial charge is 0.481 e. The molecule has 0 bridgehead atoms. The molecule has 0 fully saturated rings. The number of methoxy groups -OCH3 is 1. The van der Waals surface area contributed by atoms with Gasteiger partial charge in [0.15, 0.2) is 5.78 Å². The zero-order chi connectivity index (χ0) is 16.8. The lowest BCUT2D eigenvalue weighted by molar-refractivity contribution is -0.143. The number of aromatic amines is 1. The van der Waals surface area contributed by atoms with E-state index in [9.17, 15) is 19.5 Å². The minimum Gasteiger partial charge on any atom is -0.481 e. The van der Waals surface area contributed by atoms with Crippen LogP contribution in [0.2, 0.25) is 0 Å². The van der Waals surface area contributed by atoms with Crippen molar-refractivity contribution in [2.75, 3.05) is 13.7 Å². The first-order valence-electron chi connectivity index (χ1n) is 7.12. The number of aromatic nitrogens is 1. The maximum absolute atomic E-state index is 11.8. The molecule has 0 saturated carbocycles. The van der Waals surface area contributed by atoms with Gasteiger partial charge in [-0.05, 0) is 18.1 Å². The van der Waals surface area contributed by atoms with Gasteiger partial charge in [0.25, 0.3) is 0 Å². The van der Waals surface area contributed by atoms with E-state index in [0.29, 0.717) is 0 Å². The van der Waals surface area contributed by atoms with E-state index in [1.54, 1.807) is 6.20 Å².